The van der Waals surface area contributed by atoms with Crippen molar-refractivity contribution in [1.29, 1.82) is 0 Å². The van der Waals surface area contributed by atoms with Gasteiger partial charge in [-0.1, -0.05) is 39.0 Å². The van der Waals surface area contributed by atoms with E-state index in [0.717, 1.165) is 15.8 Å². The van der Waals surface area contributed by atoms with E-state index in [-0.39, 0.29) is 24.0 Å². The highest BCUT2D eigenvalue weighted by molar-refractivity contribution is 9.10. The number of carbonyl (C=O) groups is 1. The highest BCUT2D eigenvalue weighted by Crippen LogP contribution is 2.31. The SMILES string of the molecule is COc1ccc([C@@H](C)NC(=O)COc2ccc(C(C)(C)C)cc2Br)cc1. The van der Waals surface area contributed by atoms with E-state index < -0.39 is 0 Å². The lowest BCUT2D eigenvalue weighted by Crippen LogP contribution is -2.31. The Labute approximate surface area is 164 Å². The second-order valence-corrected chi connectivity index (χ2v) is 8.10. The van der Waals surface area contributed by atoms with Crippen LogP contribution in [-0.4, -0.2) is 19.6 Å². The number of nitrogens with one attached hydrogen (secondary N) is 1. The van der Waals surface area contributed by atoms with Crippen molar-refractivity contribution in [3.63, 3.8) is 0 Å². The van der Waals surface area contributed by atoms with E-state index in [1.54, 1.807) is 7.11 Å². The lowest BCUT2D eigenvalue weighted by molar-refractivity contribution is -0.123. The molecular formula is C21H26BrNO3. The van der Waals surface area contributed by atoms with Crippen LogP contribution in [0.5, 0.6) is 11.5 Å². The quantitative estimate of drug-likeness (QED) is 0.715. The van der Waals surface area contributed by atoms with E-state index in [1.165, 1.54) is 5.56 Å². The third-order valence-corrected chi connectivity index (χ3v) is 4.77. The molecule has 1 atom stereocenters. The van der Waals surface area contributed by atoms with Crippen molar-refractivity contribution in [3.05, 3.63) is 58.1 Å². The van der Waals surface area contributed by atoms with Crippen molar-refractivity contribution >= 4 is 21.8 Å². The normalized spacial score (nSPS) is 12.4. The van der Waals surface area contributed by atoms with Crippen LogP contribution in [-0.2, 0) is 10.2 Å². The zero-order valence-corrected chi connectivity index (χ0v) is 17.5. The van der Waals surface area contributed by atoms with Crippen molar-refractivity contribution in [2.45, 2.75) is 39.2 Å². The van der Waals surface area contributed by atoms with Crippen LogP contribution in [0.3, 0.4) is 0 Å². The van der Waals surface area contributed by atoms with Crippen LogP contribution in [0, 0.1) is 0 Å². The van der Waals surface area contributed by atoms with E-state index in [1.807, 2.05) is 49.4 Å². The first-order valence-electron chi connectivity index (χ1n) is 8.57. The van der Waals surface area contributed by atoms with E-state index >= 15 is 0 Å². The minimum absolute atomic E-state index is 0.0338. The maximum Gasteiger partial charge on any atom is 0.258 e. The van der Waals surface area contributed by atoms with Crippen molar-refractivity contribution in [2.75, 3.05) is 13.7 Å². The molecule has 0 spiro atoms. The fourth-order valence-corrected chi connectivity index (χ4v) is 2.98. The molecule has 0 aliphatic carbocycles. The largest absolute Gasteiger partial charge is 0.497 e. The fraction of sp³-hybridized carbons (Fsp3) is 0.381. The fourth-order valence-electron chi connectivity index (χ4n) is 2.49. The summed E-state index contributed by atoms with van der Waals surface area (Å²) in [4.78, 5) is 12.2. The molecule has 0 saturated carbocycles. The molecule has 5 heteroatoms. The number of halogens is 1. The van der Waals surface area contributed by atoms with Gasteiger partial charge in [0.25, 0.3) is 5.91 Å². The first-order chi connectivity index (χ1) is 12.2. The molecule has 26 heavy (non-hydrogen) atoms. The summed E-state index contributed by atoms with van der Waals surface area (Å²) < 4.78 is 11.7. The smallest absolute Gasteiger partial charge is 0.258 e. The van der Waals surface area contributed by atoms with E-state index in [2.05, 4.69) is 42.0 Å². The number of hydrogen-bond acceptors (Lipinski definition) is 3. The Balaban J connectivity index is 1.91. The molecule has 2 aromatic rings. The van der Waals surface area contributed by atoms with E-state index in [9.17, 15) is 4.79 Å². The number of benzene rings is 2. The van der Waals surface area contributed by atoms with Crippen LogP contribution >= 0.6 is 15.9 Å². The van der Waals surface area contributed by atoms with Gasteiger partial charge in [-0.05, 0) is 63.7 Å². The number of methoxy groups -OCH3 is 1. The Hall–Kier alpha value is -2.01. The molecule has 0 aromatic heterocycles. The second kappa shape index (κ2) is 8.58. The summed E-state index contributed by atoms with van der Waals surface area (Å²) in [5, 5.41) is 2.94. The number of hydrogen-bond donors (Lipinski definition) is 1. The molecule has 1 N–H and O–H groups in total. The van der Waals surface area contributed by atoms with Gasteiger partial charge in [-0.2, -0.15) is 0 Å². The average molecular weight is 420 g/mol. The summed E-state index contributed by atoms with van der Waals surface area (Å²) in [6.07, 6.45) is 0. The maximum absolute atomic E-state index is 12.2. The molecule has 0 fully saturated rings. The molecule has 0 unspecified atom stereocenters. The lowest BCUT2D eigenvalue weighted by atomic mass is 9.87. The molecule has 2 rings (SSSR count). The molecule has 0 heterocycles. The van der Waals surface area contributed by atoms with Crippen LogP contribution in [0.4, 0.5) is 0 Å². The average Bonchev–Trinajstić information content (AvgIpc) is 2.59. The van der Waals surface area contributed by atoms with Crippen LogP contribution in [0.1, 0.15) is 44.9 Å². The minimum atomic E-state index is -0.167. The molecule has 0 radical (unpaired) electrons. The van der Waals surface area contributed by atoms with Gasteiger partial charge in [-0.15, -0.1) is 0 Å². The third-order valence-electron chi connectivity index (χ3n) is 4.15. The highest BCUT2D eigenvalue weighted by atomic mass is 79.9. The summed E-state index contributed by atoms with van der Waals surface area (Å²) in [5.74, 6) is 1.28. The predicted molar refractivity (Wildman–Crippen MR) is 108 cm³/mol. The molecule has 2 aromatic carbocycles. The second-order valence-electron chi connectivity index (χ2n) is 7.25. The van der Waals surface area contributed by atoms with Crippen LogP contribution in [0.25, 0.3) is 0 Å². The van der Waals surface area contributed by atoms with Gasteiger partial charge in [-0.3, -0.25) is 4.79 Å². The molecule has 4 nitrogen and oxygen atoms in total. The number of rotatable bonds is 6. The molecule has 0 bridgehead atoms. The summed E-state index contributed by atoms with van der Waals surface area (Å²) in [6, 6.07) is 13.5. The number of carbonyl (C=O) groups excluding carboxylic acids is 1. The first-order valence-corrected chi connectivity index (χ1v) is 9.36. The minimum Gasteiger partial charge on any atom is -0.497 e. The van der Waals surface area contributed by atoms with Gasteiger partial charge in [0.2, 0.25) is 0 Å². The summed E-state index contributed by atoms with van der Waals surface area (Å²) in [7, 11) is 1.63. The highest BCUT2D eigenvalue weighted by Gasteiger charge is 2.16. The Kier molecular flexibility index (Phi) is 6.70. The Morgan fingerprint density at radius 2 is 1.81 bits per heavy atom. The van der Waals surface area contributed by atoms with Crippen molar-refractivity contribution in [1.82, 2.24) is 5.32 Å². The Morgan fingerprint density at radius 3 is 2.35 bits per heavy atom. The Bertz CT molecular complexity index is 751. The predicted octanol–water partition coefficient (Wildman–Crippen LogP) is 5.01. The molecule has 1 amide bonds. The first kappa shape index (κ1) is 20.3. The van der Waals surface area contributed by atoms with Crippen LogP contribution in [0.2, 0.25) is 0 Å². The van der Waals surface area contributed by atoms with Gasteiger partial charge in [0, 0.05) is 0 Å². The summed E-state index contributed by atoms with van der Waals surface area (Å²) in [6.45, 7) is 8.37. The zero-order valence-electron chi connectivity index (χ0n) is 15.9. The van der Waals surface area contributed by atoms with Crippen LogP contribution < -0.4 is 14.8 Å². The van der Waals surface area contributed by atoms with Gasteiger partial charge < -0.3 is 14.8 Å². The van der Waals surface area contributed by atoms with E-state index in [4.69, 9.17) is 9.47 Å². The van der Waals surface area contributed by atoms with Gasteiger partial charge in [0.1, 0.15) is 11.5 Å². The van der Waals surface area contributed by atoms with Gasteiger partial charge in [-0.25, -0.2) is 0 Å². The number of amides is 1. The van der Waals surface area contributed by atoms with Gasteiger partial charge in [0.05, 0.1) is 17.6 Å². The molecular weight excluding hydrogens is 394 g/mol. The van der Waals surface area contributed by atoms with Gasteiger partial charge >= 0.3 is 0 Å². The number of ether oxygens (including phenoxy) is 2. The third kappa shape index (κ3) is 5.49. The van der Waals surface area contributed by atoms with Crippen molar-refractivity contribution in [2.24, 2.45) is 0 Å². The zero-order chi connectivity index (χ0) is 19.3. The summed E-state index contributed by atoms with van der Waals surface area (Å²) in [5.41, 5.74) is 2.27. The molecule has 140 valence electrons. The van der Waals surface area contributed by atoms with E-state index in [0.29, 0.717) is 5.75 Å². The van der Waals surface area contributed by atoms with Crippen molar-refractivity contribution in [3.8, 4) is 11.5 Å². The molecule has 0 aliphatic rings. The lowest BCUT2D eigenvalue weighted by Gasteiger charge is -2.20. The topological polar surface area (TPSA) is 47.6 Å². The standard InChI is InChI=1S/C21H26BrNO3/c1-14(15-6-9-17(25-5)10-7-15)23-20(24)13-26-19-11-8-16(12-18(19)22)21(2,3)4/h6-12,14H,13H2,1-5H3,(H,23,24)/t14-/m1/s1. The monoisotopic (exact) mass is 419 g/mol. The van der Waals surface area contributed by atoms with Gasteiger partial charge in [0.15, 0.2) is 6.61 Å². The summed E-state index contributed by atoms with van der Waals surface area (Å²) >= 11 is 3.52. The van der Waals surface area contributed by atoms with Crippen LogP contribution in [0.15, 0.2) is 46.9 Å². The Morgan fingerprint density at radius 1 is 1.15 bits per heavy atom. The molecule has 0 saturated heterocycles. The molecule has 0 aliphatic heterocycles. The van der Waals surface area contributed by atoms with Crippen molar-refractivity contribution < 1.29 is 14.3 Å². The maximum atomic E-state index is 12.2.